The Morgan fingerprint density at radius 1 is 1.38 bits per heavy atom. The lowest BCUT2D eigenvalue weighted by Gasteiger charge is -2.32. The van der Waals surface area contributed by atoms with Gasteiger partial charge in [-0.3, -0.25) is 9.69 Å². The maximum atomic E-state index is 12.8. The number of fused-ring (bicyclic) bond motifs is 3. The van der Waals surface area contributed by atoms with Gasteiger partial charge in [0, 0.05) is 23.5 Å². The highest BCUT2D eigenvalue weighted by Crippen LogP contribution is 2.44. The summed E-state index contributed by atoms with van der Waals surface area (Å²) in [7, 11) is 0. The van der Waals surface area contributed by atoms with E-state index in [1.807, 2.05) is 36.6 Å². The summed E-state index contributed by atoms with van der Waals surface area (Å²) >= 11 is 1.59. The number of allylic oxidation sites excluding steroid dienone is 1. The number of thiophene rings is 1. The van der Waals surface area contributed by atoms with E-state index in [0.717, 1.165) is 28.3 Å². The lowest BCUT2D eigenvalue weighted by atomic mass is 9.98. The normalized spacial score (nSPS) is 18.5. The second kappa shape index (κ2) is 5.76. The quantitative estimate of drug-likeness (QED) is 0.766. The van der Waals surface area contributed by atoms with Gasteiger partial charge in [-0.15, -0.1) is 11.3 Å². The first kappa shape index (κ1) is 15.4. The number of hydrogen-bond acceptors (Lipinski definition) is 5. The Hall–Kier alpha value is -2.11. The van der Waals surface area contributed by atoms with E-state index >= 15 is 0 Å². The van der Waals surface area contributed by atoms with Crippen LogP contribution in [0.4, 0.5) is 0 Å². The number of aryl methyl sites for hydroxylation is 1. The van der Waals surface area contributed by atoms with Crippen LogP contribution < -0.4 is 9.47 Å². The number of rotatable bonds is 2. The highest BCUT2D eigenvalue weighted by Gasteiger charge is 2.35. The van der Waals surface area contributed by atoms with Crippen LogP contribution in [-0.2, 0) is 6.54 Å². The number of hydrogen-bond donors (Lipinski definition) is 0. The van der Waals surface area contributed by atoms with E-state index in [4.69, 9.17) is 9.47 Å². The van der Waals surface area contributed by atoms with Crippen molar-refractivity contribution in [3.8, 4) is 11.5 Å². The highest BCUT2D eigenvalue weighted by molar-refractivity contribution is 7.10. The molecule has 0 saturated carbocycles. The minimum atomic E-state index is -0.0413. The molecule has 5 heteroatoms. The molecular weight excluding hydrogens is 322 g/mol. The van der Waals surface area contributed by atoms with Gasteiger partial charge in [0.05, 0.1) is 11.1 Å². The third-order valence-electron chi connectivity index (χ3n) is 4.50. The number of nitrogens with zero attached hydrogens (tertiary/aromatic N) is 1. The second-order valence-electron chi connectivity index (χ2n) is 6.44. The summed E-state index contributed by atoms with van der Waals surface area (Å²) in [5, 5.41) is 1.99. The molecule has 0 aliphatic carbocycles. The minimum absolute atomic E-state index is 0.0413. The van der Waals surface area contributed by atoms with Crippen LogP contribution in [0.25, 0.3) is 6.08 Å². The van der Waals surface area contributed by atoms with Crippen LogP contribution >= 0.6 is 11.3 Å². The van der Waals surface area contributed by atoms with Gasteiger partial charge in [0.25, 0.3) is 0 Å². The standard InChI is InChI=1S/C19H19NO3S/c1-11(2)20-9-14-15(22-10-20)7-12(3)17-18(21)16(23-19(14)17)8-13-5-4-6-24-13/h4-8,11H,9-10H2,1-3H3/b16-8-. The number of benzene rings is 1. The predicted molar refractivity (Wildman–Crippen MR) is 94.6 cm³/mol. The van der Waals surface area contributed by atoms with Gasteiger partial charge < -0.3 is 9.47 Å². The van der Waals surface area contributed by atoms with E-state index in [2.05, 4.69) is 18.7 Å². The van der Waals surface area contributed by atoms with E-state index in [-0.39, 0.29) is 5.78 Å². The van der Waals surface area contributed by atoms with Crippen LogP contribution in [0.15, 0.2) is 29.3 Å². The first-order valence-corrected chi connectivity index (χ1v) is 8.93. The molecule has 0 N–H and O–H groups in total. The van der Waals surface area contributed by atoms with Gasteiger partial charge >= 0.3 is 0 Å². The molecule has 3 heterocycles. The van der Waals surface area contributed by atoms with Crippen LogP contribution in [0.5, 0.6) is 11.5 Å². The fourth-order valence-electron chi connectivity index (χ4n) is 3.08. The van der Waals surface area contributed by atoms with Gasteiger partial charge in [-0.1, -0.05) is 6.07 Å². The molecular formula is C19H19NO3S. The zero-order chi connectivity index (χ0) is 16.8. The summed E-state index contributed by atoms with van der Waals surface area (Å²) < 4.78 is 11.9. The molecule has 0 saturated heterocycles. The first-order chi connectivity index (χ1) is 11.5. The van der Waals surface area contributed by atoms with Crippen molar-refractivity contribution in [2.24, 2.45) is 0 Å². The predicted octanol–water partition coefficient (Wildman–Crippen LogP) is 4.23. The van der Waals surface area contributed by atoms with Crippen molar-refractivity contribution in [1.29, 1.82) is 0 Å². The van der Waals surface area contributed by atoms with Gasteiger partial charge in [-0.05, 0) is 43.8 Å². The third kappa shape index (κ3) is 2.44. The van der Waals surface area contributed by atoms with Gasteiger partial charge in [-0.25, -0.2) is 0 Å². The summed E-state index contributed by atoms with van der Waals surface area (Å²) in [6, 6.07) is 6.27. The maximum absolute atomic E-state index is 12.8. The van der Waals surface area contributed by atoms with E-state index in [0.29, 0.717) is 29.8 Å². The monoisotopic (exact) mass is 341 g/mol. The Balaban J connectivity index is 1.78. The first-order valence-electron chi connectivity index (χ1n) is 8.05. The Labute approximate surface area is 145 Å². The van der Waals surface area contributed by atoms with Crippen molar-refractivity contribution >= 4 is 23.2 Å². The average molecular weight is 341 g/mol. The summed E-state index contributed by atoms with van der Waals surface area (Å²) in [5.74, 6) is 1.85. The number of carbonyl (C=O) groups excluding carboxylic acids is 1. The second-order valence-corrected chi connectivity index (χ2v) is 7.42. The molecule has 0 amide bonds. The molecule has 1 aromatic carbocycles. The SMILES string of the molecule is Cc1cc2c(c3c1C(=O)/C(=C/c1cccs1)O3)CN(C(C)C)CO2. The molecule has 4 nitrogen and oxygen atoms in total. The molecule has 0 atom stereocenters. The van der Waals surface area contributed by atoms with E-state index in [1.165, 1.54) is 0 Å². The molecule has 0 radical (unpaired) electrons. The fraction of sp³-hybridized carbons (Fsp3) is 0.316. The summed E-state index contributed by atoms with van der Waals surface area (Å²) in [6.07, 6.45) is 1.82. The van der Waals surface area contributed by atoms with E-state index in [9.17, 15) is 4.79 Å². The van der Waals surface area contributed by atoms with Gasteiger partial charge in [-0.2, -0.15) is 0 Å². The van der Waals surface area contributed by atoms with Gasteiger partial charge in [0.1, 0.15) is 18.2 Å². The Bertz CT molecular complexity index is 837. The average Bonchev–Trinajstić information content (AvgIpc) is 3.17. The molecule has 24 heavy (non-hydrogen) atoms. The van der Waals surface area contributed by atoms with Crippen LogP contribution in [-0.4, -0.2) is 23.5 Å². The fourth-order valence-corrected chi connectivity index (χ4v) is 3.73. The lowest BCUT2D eigenvalue weighted by Crippen LogP contribution is -2.37. The van der Waals surface area contributed by atoms with E-state index < -0.39 is 0 Å². The molecule has 124 valence electrons. The smallest absolute Gasteiger partial charge is 0.232 e. The largest absolute Gasteiger partial charge is 0.478 e. The summed E-state index contributed by atoms with van der Waals surface area (Å²) in [4.78, 5) is 16.0. The zero-order valence-corrected chi connectivity index (χ0v) is 14.8. The third-order valence-corrected chi connectivity index (χ3v) is 5.32. The number of carbonyl (C=O) groups is 1. The maximum Gasteiger partial charge on any atom is 0.232 e. The van der Waals surface area contributed by atoms with Crippen LogP contribution in [0.1, 0.15) is 40.2 Å². The van der Waals surface area contributed by atoms with Gasteiger partial charge in [0.15, 0.2) is 5.76 Å². The molecule has 0 spiro atoms. The van der Waals surface area contributed by atoms with Crippen molar-refractivity contribution in [2.45, 2.75) is 33.4 Å². The zero-order valence-electron chi connectivity index (χ0n) is 14.0. The molecule has 0 fully saturated rings. The van der Waals surface area contributed by atoms with Crippen molar-refractivity contribution in [3.63, 3.8) is 0 Å². The Morgan fingerprint density at radius 3 is 2.92 bits per heavy atom. The van der Waals surface area contributed by atoms with Crippen LogP contribution in [0.3, 0.4) is 0 Å². The number of ketones is 1. The number of Topliss-reactive ketones (excluding diaryl/α,β-unsaturated/α-hetero) is 1. The van der Waals surface area contributed by atoms with Crippen LogP contribution in [0.2, 0.25) is 0 Å². The van der Waals surface area contributed by atoms with Crippen molar-refractivity contribution in [3.05, 3.63) is 50.9 Å². The van der Waals surface area contributed by atoms with E-state index in [1.54, 1.807) is 11.3 Å². The molecule has 2 aliphatic heterocycles. The summed E-state index contributed by atoms with van der Waals surface area (Å²) in [6.45, 7) is 7.50. The van der Waals surface area contributed by atoms with Crippen molar-refractivity contribution in [1.82, 2.24) is 4.90 Å². The molecule has 1 aromatic heterocycles. The van der Waals surface area contributed by atoms with Gasteiger partial charge in [0.2, 0.25) is 5.78 Å². The minimum Gasteiger partial charge on any atom is -0.478 e. The highest BCUT2D eigenvalue weighted by atomic mass is 32.1. The summed E-state index contributed by atoms with van der Waals surface area (Å²) in [5.41, 5.74) is 2.55. The lowest BCUT2D eigenvalue weighted by molar-refractivity contribution is 0.0673. The van der Waals surface area contributed by atoms with Crippen molar-refractivity contribution < 1.29 is 14.3 Å². The number of ether oxygens (including phenoxy) is 2. The molecule has 4 rings (SSSR count). The molecule has 0 bridgehead atoms. The Kier molecular flexibility index (Phi) is 3.70. The molecule has 2 aromatic rings. The Morgan fingerprint density at radius 2 is 2.21 bits per heavy atom. The topological polar surface area (TPSA) is 38.8 Å². The molecule has 0 unspecified atom stereocenters. The van der Waals surface area contributed by atoms with Crippen LogP contribution in [0, 0.1) is 6.92 Å². The van der Waals surface area contributed by atoms with Crippen molar-refractivity contribution in [2.75, 3.05) is 6.73 Å². The molecule has 2 aliphatic rings.